The number of hydrogen-bond donors (Lipinski definition) is 0. The van der Waals surface area contributed by atoms with Crippen LogP contribution >= 0.6 is 0 Å². The molecule has 0 aromatic rings. The van der Waals surface area contributed by atoms with Crippen LogP contribution in [0.5, 0.6) is 0 Å². The Bertz CT molecular complexity index is 313. The predicted octanol–water partition coefficient (Wildman–Crippen LogP) is -5.60. The van der Waals surface area contributed by atoms with Crippen molar-refractivity contribution in [3.8, 4) is 0 Å². The largest absolute Gasteiger partial charge is 1.00 e. The van der Waals surface area contributed by atoms with Crippen LogP contribution in [-0.4, -0.2) is 30.2 Å². The summed E-state index contributed by atoms with van der Waals surface area (Å²) in [7, 11) is -4.37. The second-order valence-electron chi connectivity index (χ2n) is 3.17. The third kappa shape index (κ3) is 13.1. The molecule has 0 aliphatic heterocycles. The van der Waals surface area contributed by atoms with Crippen molar-refractivity contribution in [2.75, 3.05) is 5.75 Å². The van der Waals surface area contributed by atoms with Gasteiger partial charge in [0.25, 0.3) is 0 Å². The monoisotopic (exact) mass is 251 g/mol. The Morgan fingerprint density at radius 1 is 1.47 bits per heavy atom. The molecule has 0 aliphatic rings. The molecule has 0 fully saturated rings. The summed E-state index contributed by atoms with van der Waals surface area (Å²) < 4.78 is 31.1. The second-order valence-corrected chi connectivity index (χ2v) is 4.57. The van der Waals surface area contributed by atoms with Gasteiger partial charge in [-0.3, -0.25) is 0 Å². The molecule has 0 aliphatic carbocycles. The minimum absolute atomic E-state index is 0. The summed E-state index contributed by atoms with van der Waals surface area (Å²) in [5.74, 6) is -1.33. The smallest absolute Gasteiger partial charge is 0.748 e. The van der Waals surface area contributed by atoms with Crippen LogP contribution in [0.4, 0.5) is 0 Å². The van der Waals surface area contributed by atoms with Gasteiger partial charge in [-0.05, 0) is 6.08 Å². The number of hydrogen-bond acceptors (Lipinski definition) is 4. The molecule has 1 amide bonds. The van der Waals surface area contributed by atoms with Crippen LogP contribution < -0.4 is 59.1 Å². The van der Waals surface area contributed by atoms with Gasteiger partial charge in [-0.25, -0.2) is 8.42 Å². The zero-order chi connectivity index (χ0) is 10.7. The number of amides is 1. The Hall–Kier alpha value is 1.12. The van der Waals surface area contributed by atoms with Gasteiger partial charge in [-0.15, -0.1) is 0 Å². The van der Waals surface area contributed by atoms with Gasteiger partial charge < -0.3 is 14.7 Å². The molecular formula is C7H11NNa2O4S. The van der Waals surface area contributed by atoms with Gasteiger partial charge in [0.05, 0.1) is 16.0 Å². The summed E-state index contributed by atoms with van der Waals surface area (Å²) in [5.41, 5.74) is -1.19. The average Bonchev–Trinajstić information content (AvgIpc) is 1.80. The van der Waals surface area contributed by atoms with Crippen LogP contribution in [0.15, 0.2) is 12.7 Å². The fraction of sp³-hybridized carbons (Fsp3) is 0.571. The summed E-state index contributed by atoms with van der Waals surface area (Å²) in [6.07, 6.45) is 0.958. The van der Waals surface area contributed by atoms with E-state index in [2.05, 4.69) is 11.9 Å². The van der Waals surface area contributed by atoms with Crippen molar-refractivity contribution in [3.05, 3.63) is 18.0 Å². The van der Waals surface area contributed by atoms with Gasteiger partial charge in [-0.1, -0.05) is 26.0 Å². The molecule has 0 saturated carbocycles. The number of carbonyl (C=O) groups is 1. The van der Waals surface area contributed by atoms with E-state index in [1.165, 1.54) is 13.8 Å². The molecule has 5 nitrogen and oxygen atoms in total. The predicted molar refractivity (Wildman–Crippen MR) is 47.2 cm³/mol. The maximum absolute atomic E-state index is 10.7. The van der Waals surface area contributed by atoms with Crippen molar-refractivity contribution in [2.45, 2.75) is 19.4 Å². The third-order valence-electron chi connectivity index (χ3n) is 1.12. The molecule has 0 unspecified atom stereocenters. The fourth-order valence-corrected chi connectivity index (χ4v) is 1.74. The van der Waals surface area contributed by atoms with Crippen molar-refractivity contribution in [1.82, 2.24) is 0 Å². The molecule has 0 saturated heterocycles. The van der Waals surface area contributed by atoms with Gasteiger partial charge in [-0.2, -0.15) is 0 Å². The van der Waals surface area contributed by atoms with E-state index in [-0.39, 0.29) is 59.1 Å². The average molecular weight is 251 g/mol. The zero-order valence-corrected chi connectivity index (χ0v) is 14.3. The van der Waals surface area contributed by atoms with Crippen LogP contribution in [-0.2, 0) is 14.9 Å². The first-order chi connectivity index (χ1) is 5.66. The molecule has 76 valence electrons. The molecule has 0 heterocycles. The van der Waals surface area contributed by atoms with Gasteiger partial charge in [0.15, 0.2) is 0 Å². The quantitative estimate of drug-likeness (QED) is 0.283. The van der Waals surface area contributed by atoms with Gasteiger partial charge in [0.2, 0.25) is 0 Å². The van der Waals surface area contributed by atoms with Crippen LogP contribution in [0.2, 0.25) is 0 Å². The summed E-state index contributed by atoms with van der Waals surface area (Å²) in [6.45, 7) is 5.96. The molecule has 0 spiro atoms. The summed E-state index contributed by atoms with van der Waals surface area (Å²) >= 11 is 0. The van der Waals surface area contributed by atoms with Crippen molar-refractivity contribution in [2.24, 2.45) is 0 Å². The van der Waals surface area contributed by atoms with E-state index >= 15 is 0 Å². The molecule has 0 bridgehead atoms. The summed E-state index contributed by atoms with van der Waals surface area (Å²) in [6, 6.07) is 0. The normalized spacial score (nSPS) is 10.6. The van der Waals surface area contributed by atoms with Crippen LogP contribution in [0.3, 0.4) is 0 Å². The Labute approximate surface area is 134 Å². The summed E-state index contributed by atoms with van der Waals surface area (Å²) in [4.78, 5) is 10.7. The Morgan fingerprint density at radius 2 is 1.87 bits per heavy atom. The first-order valence-corrected chi connectivity index (χ1v) is 5.07. The maximum atomic E-state index is 10.7. The Morgan fingerprint density at radius 3 is 2.13 bits per heavy atom. The van der Waals surface area contributed by atoms with E-state index in [0.717, 1.165) is 6.08 Å². The van der Waals surface area contributed by atoms with Crippen LogP contribution in [0.25, 0.3) is 5.32 Å². The Kier molecular flexibility index (Phi) is 11.8. The molecule has 0 rings (SSSR count). The number of rotatable bonds is 4. The third-order valence-corrected chi connectivity index (χ3v) is 2.18. The van der Waals surface area contributed by atoms with E-state index in [9.17, 15) is 17.8 Å². The fourth-order valence-electron chi connectivity index (χ4n) is 0.809. The zero-order valence-electron chi connectivity index (χ0n) is 9.48. The minimum Gasteiger partial charge on any atom is -0.748 e. The molecule has 0 atom stereocenters. The topological polar surface area (TPSA) is 88.4 Å². The minimum atomic E-state index is -4.37. The molecule has 0 N–H and O–H groups in total. The second kappa shape index (κ2) is 8.25. The molecule has 8 heteroatoms. The van der Waals surface area contributed by atoms with E-state index in [4.69, 9.17) is 0 Å². The van der Waals surface area contributed by atoms with Crippen molar-refractivity contribution in [3.63, 3.8) is 0 Å². The molecular weight excluding hydrogens is 240 g/mol. The van der Waals surface area contributed by atoms with E-state index in [0.29, 0.717) is 0 Å². The Balaban J connectivity index is -0.000000720. The molecule has 0 aromatic carbocycles. The van der Waals surface area contributed by atoms with Crippen molar-refractivity contribution >= 4 is 16.0 Å². The number of carbonyl (C=O) groups excluding carboxylic acids is 1. The van der Waals surface area contributed by atoms with Crippen molar-refractivity contribution < 1.29 is 76.9 Å². The molecule has 15 heavy (non-hydrogen) atoms. The van der Waals surface area contributed by atoms with Crippen LogP contribution in [0.1, 0.15) is 13.8 Å². The SMILES string of the molecule is C=CC(=O)[N-]C(C)(C)CS(=O)(=O)[O-].[Na+].[Na+]. The molecule has 0 radical (unpaired) electrons. The van der Waals surface area contributed by atoms with Gasteiger partial charge in [0.1, 0.15) is 0 Å². The first kappa shape index (κ1) is 21.4. The van der Waals surface area contributed by atoms with Gasteiger partial charge >= 0.3 is 59.1 Å². The van der Waals surface area contributed by atoms with E-state index in [1.54, 1.807) is 0 Å². The van der Waals surface area contributed by atoms with E-state index < -0.39 is 27.3 Å². The summed E-state index contributed by atoms with van der Waals surface area (Å²) in [5, 5.41) is 3.48. The van der Waals surface area contributed by atoms with Gasteiger partial charge in [0, 0.05) is 5.75 Å². The molecule has 0 aromatic heterocycles. The van der Waals surface area contributed by atoms with E-state index in [1.807, 2.05) is 0 Å². The number of nitrogens with zero attached hydrogens (tertiary/aromatic N) is 1. The van der Waals surface area contributed by atoms with Crippen LogP contribution in [0, 0.1) is 0 Å². The van der Waals surface area contributed by atoms with Crippen molar-refractivity contribution in [1.29, 1.82) is 0 Å². The standard InChI is InChI=1S/C7H13NO4S.2Na/c1-4-6(9)8-7(2,3)5-13(10,11)12;;/h4H,1,5H2,2-3H3,(H2,8,9,10,11,12);;/q;2*+1/p-2. The first-order valence-electron chi connectivity index (χ1n) is 3.49. The maximum Gasteiger partial charge on any atom is 1.00 e.